The summed E-state index contributed by atoms with van der Waals surface area (Å²) in [7, 11) is 0. The molecule has 2 aromatic heterocycles. The van der Waals surface area contributed by atoms with Gasteiger partial charge in [-0.05, 0) is 31.9 Å². The number of likely N-dealkylation sites (tertiary alicyclic amines) is 1. The van der Waals surface area contributed by atoms with Gasteiger partial charge in [0.1, 0.15) is 11.3 Å². The van der Waals surface area contributed by atoms with Crippen LogP contribution in [-0.2, 0) is 16.1 Å². The van der Waals surface area contributed by atoms with E-state index in [1.165, 1.54) is 0 Å². The molecule has 4 rings (SSSR count). The van der Waals surface area contributed by atoms with Crippen molar-refractivity contribution in [2.45, 2.75) is 39.0 Å². The van der Waals surface area contributed by atoms with Crippen molar-refractivity contribution in [2.24, 2.45) is 5.92 Å². The SMILES string of the molecule is Cc1noc(C)c1C(=O)N1C[C@H](C(=O)NCc2cccnc2)[C@H]2OCC[C@H]21. The van der Waals surface area contributed by atoms with Crippen LogP contribution >= 0.6 is 0 Å². The van der Waals surface area contributed by atoms with Gasteiger partial charge in [0, 0.05) is 32.1 Å². The van der Waals surface area contributed by atoms with Crippen LogP contribution in [0, 0.1) is 19.8 Å². The predicted octanol–water partition coefficient (Wildman–Crippen LogP) is 1.23. The second kappa shape index (κ2) is 7.11. The molecule has 0 unspecified atom stereocenters. The molecule has 0 saturated carbocycles. The van der Waals surface area contributed by atoms with Crippen LogP contribution in [0.25, 0.3) is 0 Å². The molecule has 0 bridgehead atoms. The molecule has 2 aliphatic heterocycles. The van der Waals surface area contributed by atoms with Gasteiger partial charge in [-0.3, -0.25) is 14.6 Å². The van der Waals surface area contributed by atoms with Gasteiger partial charge in [0.15, 0.2) is 0 Å². The first-order valence-electron chi connectivity index (χ1n) is 9.08. The van der Waals surface area contributed by atoms with Gasteiger partial charge in [0.25, 0.3) is 5.91 Å². The number of nitrogens with one attached hydrogen (secondary N) is 1. The summed E-state index contributed by atoms with van der Waals surface area (Å²) in [6.07, 6.45) is 3.86. The van der Waals surface area contributed by atoms with Crippen LogP contribution in [0.5, 0.6) is 0 Å². The molecule has 0 aromatic carbocycles. The minimum atomic E-state index is -0.390. The summed E-state index contributed by atoms with van der Waals surface area (Å²) in [6, 6.07) is 3.64. The monoisotopic (exact) mass is 370 g/mol. The number of fused-ring (bicyclic) bond motifs is 1. The molecule has 2 aromatic rings. The zero-order valence-corrected chi connectivity index (χ0v) is 15.3. The van der Waals surface area contributed by atoms with Crippen molar-refractivity contribution < 1.29 is 18.8 Å². The Morgan fingerprint density at radius 2 is 2.22 bits per heavy atom. The van der Waals surface area contributed by atoms with Gasteiger partial charge >= 0.3 is 0 Å². The van der Waals surface area contributed by atoms with Crippen LogP contribution in [0.15, 0.2) is 29.0 Å². The lowest BCUT2D eigenvalue weighted by Gasteiger charge is -2.22. The number of carbonyl (C=O) groups excluding carboxylic acids is 2. The van der Waals surface area contributed by atoms with E-state index in [1.54, 1.807) is 31.1 Å². The molecule has 27 heavy (non-hydrogen) atoms. The third kappa shape index (κ3) is 3.21. The van der Waals surface area contributed by atoms with Gasteiger partial charge in [0.2, 0.25) is 5.91 Å². The standard InChI is InChI=1S/C19H22N4O4/c1-11-16(12(2)27-22-11)19(25)23-10-14(17-15(23)5-7-26-17)18(24)21-9-13-4-3-6-20-8-13/h3-4,6,8,14-15,17H,5,7,9-10H2,1-2H3,(H,21,24)/t14-,15+,17+/m0/s1. The van der Waals surface area contributed by atoms with E-state index in [0.29, 0.717) is 36.7 Å². The number of aromatic nitrogens is 2. The summed E-state index contributed by atoms with van der Waals surface area (Å²) in [5.41, 5.74) is 1.98. The van der Waals surface area contributed by atoms with E-state index in [-0.39, 0.29) is 24.0 Å². The van der Waals surface area contributed by atoms with Crippen LogP contribution in [0.4, 0.5) is 0 Å². The summed E-state index contributed by atoms with van der Waals surface area (Å²) in [5.74, 6) is -0.143. The van der Waals surface area contributed by atoms with E-state index in [4.69, 9.17) is 9.26 Å². The Bertz CT molecular complexity index is 831. The highest BCUT2D eigenvalue weighted by atomic mass is 16.5. The third-order valence-corrected chi connectivity index (χ3v) is 5.33. The lowest BCUT2D eigenvalue weighted by Crippen LogP contribution is -2.37. The number of nitrogens with zero attached hydrogens (tertiary/aromatic N) is 3. The molecule has 4 heterocycles. The first kappa shape index (κ1) is 17.7. The number of ether oxygens (including phenoxy) is 1. The Morgan fingerprint density at radius 3 is 2.93 bits per heavy atom. The smallest absolute Gasteiger partial charge is 0.259 e. The molecule has 1 N–H and O–H groups in total. The van der Waals surface area contributed by atoms with Crippen LogP contribution in [0.2, 0.25) is 0 Å². The summed E-state index contributed by atoms with van der Waals surface area (Å²) < 4.78 is 11.0. The molecular formula is C19H22N4O4. The first-order valence-corrected chi connectivity index (χ1v) is 9.08. The second-order valence-electron chi connectivity index (χ2n) is 7.03. The van der Waals surface area contributed by atoms with Gasteiger partial charge in [-0.2, -0.15) is 0 Å². The minimum Gasteiger partial charge on any atom is -0.375 e. The lowest BCUT2D eigenvalue weighted by atomic mass is 10.0. The Morgan fingerprint density at radius 1 is 1.37 bits per heavy atom. The second-order valence-corrected chi connectivity index (χ2v) is 7.03. The average Bonchev–Trinajstić information content (AvgIpc) is 3.36. The summed E-state index contributed by atoms with van der Waals surface area (Å²) >= 11 is 0. The zero-order chi connectivity index (χ0) is 19.0. The molecule has 2 fully saturated rings. The number of hydrogen-bond acceptors (Lipinski definition) is 6. The number of hydrogen-bond donors (Lipinski definition) is 1. The maximum absolute atomic E-state index is 13.1. The Kier molecular flexibility index (Phi) is 4.65. The van der Waals surface area contributed by atoms with E-state index in [9.17, 15) is 9.59 Å². The highest BCUT2D eigenvalue weighted by Crippen LogP contribution is 2.35. The van der Waals surface area contributed by atoms with Crippen LogP contribution in [-0.4, -0.2) is 52.2 Å². The molecular weight excluding hydrogens is 348 g/mol. The van der Waals surface area contributed by atoms with Gasteiger partial charge < -0.3 is 19.5 Å². The Labute approximate surface area is 156 Å². The summed E-state index contributed by atoms with van der Waals surface area (Å²) in [5, 5.41) is 6.82. The minimum absolute atomic E-state index is 0.0969. The normalized spacial score (nSPS) is 24.1. The Balaban J connectivity index is 1.49. The van der Waals surface area contributed by atoms with Gasteiger partial charge in [-0.1, -0.05) is 11.2 Å². The van der Waals surface area contributed by atoms with Crippen molar-refractivity contribution in [1.29, 1.82) is 0 Å². The van der Waals surface area contributed by atoms with E-state index >= 15 is 0 Å². The molecule has 2 amide bonds. The van der Waals surface area contributed by atoms with Crippen molar-refractivity contribution in [2.75, 3.05) is 13.2 Å². The molecule has 0 spiro atoms. The van der Waals surface area contributed by atoms with E-state index in [1.807, 2.05) is 12.1 Å². The van der Waals surface area contributed by atoms with E-state index in [0.717, 1.165) is 12.0 Å². The van der Waals surface area contributed by atoms with Crippen molar-refractivity contribution in [3.05, 3.63) is 47.1 Å². The van der Waals surface area contributed by atoms with Gasteiger partial charge in [-0.25, -0.2) is 0 Å². The molecule has 0 aliphatic carbocycles. The molecule has 0 radical (unpaired) electrons. The molecule has 3 atom stereocenters. The number of aryl methyl sites for hydroxylation is 2. The highest BCUT2D eigenvalue weighted by Gasteiger charge is 2.51. The molecule has 2 saturated heterocycles. The first-order chi connectivity index (χ1) is 13.1. The van der Waals surface area contributed by atoms with E-state index < -0.39 is 5.92 Å². The quantitative estimate of drug-likeness (QED) is 0.869. The van der Waals surface area contributed by atoms with Crippen LogP contribution in [0.3, 0.4) is 0 Å². The maximum atomic E-state index is 13.1. The third-order valence-electron chi connectivity index (χ3n) is 5.33. The lowest BCUT2D eigenvalue weighted by molar-refractivity contribution is -0.127. The fraction of sp³-hybridized carbons (Fsp3) is 0.474. The number of amides is 2. The average molecular weight is 370 g/mol. The molecule has 8 heteroatoms. The molecule has 2 aliphatic rings. The molecule has 8 nitrogen and oxygen atoms in total. The fourth-order valence-corrected chi connectivity index (χ4v) is 3.99. The van der Waals surface area contributed by atoms with Crippen molar-refractivity contribution >= 4 is 11.8 Å². The largest absolute Gasteiger partial charge is 0.375 e. The van der Waals surface area contributed by atoms with Gasteiger partial charge in [-0.15, -0.1) is 0 Å². The summed E-state index contributed by atoms with van der Waals surface area (Å²) in [6.45, 7) is 4.76. The van der Waals surface area contributed by atoms with Crippen LogP contribution in [0.1, 0.15) is 33.8 Å². The predicted molar refractivity (Wildman–Crippen MR) is 94.7 cm³/mol. The number of pyridine rings is 1. The Hall–Kier alpha value is -2.74. The van der Waals surface area contributed by atoms with Crippen molar-refractivity contribution in [3.8, 4) is 0 Å². The summed E-state index contributed by atoms with van der Waals surface area (Å²) in [4.78, 5) is 31.6. The van der Waals surface area contributed by atoms with Crippen LogP contribution < -0.4 is 5.32 Å². The van der Waals surface area contributed by atoms with E-state index in [2.05, 4.69) is 15.5 Å². The van der Waals surface area contributed by atoms with Gasteiger partial charge in [0.05, 0.1) is 23.8 Å². The number of rotatable bonds is 4. The maximum Gasteiger partial charge on any atom is 0.259 e. The highest BCUT2D eigenvalue weighted by molar-refractivity contribution is 5.97. The topological polar surface area (TPSA) is 97.6 Å². The van der Waals surface area contributed by atoms with Crippen molar-refractivity contribution in [1.82, 2.24) is 20.4 Å². The zero-order valence-electron chi connectivity index (χ0n) is 15.3. The number of carbonyl (C=O) groups is 2. The van der Waals surface area contributed by atoms with Crippen molar-refractivity contribution in [3.63, 3.8) is 0 Å². The fourth-order valence-electron chi connectivity index (χ4n) is 3.99. The molecule has 142 valence electrons.